The Labute approximate surface area is 178 Å². The Balaban J connectivity index is 1.66. The molecule has 1 N–H and O–H groups in total. The monoisotopic (exact) mass is 412 g/mol. The van der Waals surface area contributed by atoms with Gasteiger partial charge in [-0.2, -0.15) is 0 Å². The summed E-state index contributed by atoms with van der Waals surface area (Å²) in [6.07, 6.45) is 6.49. The third-order valence-electron chi connectivity index (χ3n) is 5.99. The van der Waals surface area contributed by atoms with Gasteiger partial charge in [-0.25, -0.2) is 0 Å². The maximum atomic E-state index is 6.12. The van der Waals surface area contributed by atoms with Gasteiger partial charge >= 0.3 is 0 Å². The number of amidine groups is 1. The van der Waals surface area contributed by atoms with E-state index in [9.17, 15) is 0 Å². The van der Waals surface area contributed by atoms with Crippen molar-refractivity contribution in [3.63, 3.8) is 0 Å². The Bertz CT molecular complexity index is 860. The fourth-order valence-corrected chi connectivity index (χ4v) is 4.65. The first-order chi connectivity index (χ1) is 14.2. The van der Waals surface area contributed by atoms with E-state index in [1.54, 1.807) is 7.11 Å². The predicted octanol–water partition coefficient (Wildman–Crippen LogP) is 5.79. The molecule has 2 atom stereocenters. The molecule has 4 nitrogen and oxygen atoms in total. The highest BCUT2D eigenvalue weighted by Gasteiger charge is 2.34. The van der Waals surface area contributed by atoms with E-state index < -0.39 is 0 Å². The molecule has 0 aromatic heterocycles. The first kappa shape index (κ1) is 20.1. The fraction of sp³-hybridized carbons (Fsp3) is 0.458. The molecule has 0 radical (unpaired) electrons. The Kier molecular flexibility index (Phi) is 6.29. The summed E-state index contributed by atoms with van der Waals surface area (Å²) in [5.74, 6) is 3.26. The number of aliphatic imine (C=N–C) groups is 1. The highest BCUT2D eigenvalue weighted by atomic mass is 35.5. The molecular weight excluding hydrogens is 384 g/mol. The number of nitrogens with zero attached hydrogens (tertiary/aromatic N) is 1. The molecule has 4 rings (SSSR count). The summed E-state index contributed by atoms with van der Waals surface area (Å²) in [7, 11) is 1.67. The molecule has 1 aliphatic heterocycles. The number of methoxy groups -OCH3 is 1. The highest BCUT2D eigenvalue weighted by Crippen LogP contribution is 2.37. The molecule has 1 heterocycles. The Morgan fingerprint density at radius 3 is 2.55 bits per heavy atom. The third kappa shape index (κ3) is 4.53. The quantitative estimate of drug-likeness (QED) is 0.626. The molecule has 1 aliphatic carbocycles. The number of ether oxygens (including phenoxy) is 2. The minimum Gasteiger partial charge on any atom is -0.497 e. The molecule has 0 saturated heterocycles. The lowest BCUT2D eigenvalue weighted by atomic mass is 9.91. The normalized spacial score (nSPS) is 21.7. The molecule has 1 fully saturated rings. The molecule has 29 heavy (non-hydrogen) atoms. The lowest BCUT2D eigenvalue weighted by Crippen LogP contribution is -2.33. The van der Waals surface area contributed by atoms with Crippen LogP contribution in [0, 0.1) is 5.92 Å². The molecule has 2 aromatic carbocycles. The lowest BCUT2D eigenvalue weighted by Gasteiger charge is -2.22. The van der Waals surface area contributed by atoms with E-state index >= 15 is 0 Å². The van der Waals surface area contributed by atoms with Crippen LogP contribution in [0.15, 0.2) is 47.5 Å². The van der Waals surface area contributed by atoms with E-state index in [2.05, 4.69) is 17.4 Å². The van der Waals surface area contributed by atoms with E-state index in [0.29, 0.717) is 6.61 Å². The van der Waals surface area contributed by atoms with Gasteiger partial charge < -0.3 is 14.8 Å². The van der Waals surface area contributed by atoms with E-state index in [1.807, 2.05) is 37.3 Å². The summed E-state index contributed by atoms with van der Waals surface area (Å²) < 4.78 is 11.3. The van der Waals surface area contributed by atoms with Gasteiger partial charge in [0.25, 0.3) is 0 Å². The van der Waals surface area contributed by atoms with Crippen LogP contribution in [0.25, 0.3) is 0 Å². The second kappa shape index (κ2) is 9.08. The standard InChI is InChI=1S/C24H29ClN2O2/c1-3-29-22-15-19(28-2)12-13-20(22)24-26-21(14-16-6-4-5-7-16)23(27-24)17-8-10-18(25)11-9-17/h8-13,15-16,21,23H,3-7,14H2,1-2H3,(H,26,27)/t21?,23-/m0/s1. The minimum absolute atomic E-state index is 0.0828. The minimum atomic E-state index is 0.0828. The van der Waals surface area contributed by atoms with Gasteiger partial charge in [-0.1, -0.05) is 49.4 Å². The van der Waals surface area contributed by atoms with Crippen molar-refractivity contribution >= 4 is 17.4 Å². The largest absolute Gasteiger partial charge is 0.497 e. The second-order valence-electron chi connectivity index (χ2n) is 7.91. The molecule has 5 heteroatoms. The molecule has 154 valence electrons. The summed E-state index contributed by atoms with van der Waals surface area (Å²) in [5, 5.41) is 4.48. The third-order valence-corrected chi connectivity index (χ3v) is 6.24. The number of halogens is 1. The number of hydrogen-bond acceptors (Lipinski definition) is 4. The molecule has 0 bridgehead atoms. The molecule has 2 aromatic rings. The van der Waals surface area contributed by atoms with Crippen LogP contribution in [0.1, 0.15) is 56.2 Å². The zero-order chi connectivity index (χ0) is 20.2. The molecule has 0 spiro atoms. The van der Waals surface area contributed by atoms with Crippen molar-refractivity contribution in [1.82, 2.24) is 5.32 Å². The van der Waals surface area contributed by atoms with Gasteiger partial charge in [0.15, 0.2) is 0 Å². The van der Waals surface area contributed by atoms with Gasteiger partial charge in [0.2, 0.25) is 0 Å². The SMILES string of the molecule is CCOc1cc(OC)ccc1C1=N[C@@H](c2ccc(Cl)cc2)C(CC2CCCC2)N1. The van der Waals surface area contributed by atoms with Crippen LogP contribution < -0.4 is 14.8 Å². The topological polar surface area (TPSA) is 42.9 Å². The van der Waals surface area contributed by atoms with Crippen LogP contribution in [-0.4, -0.2) is 25.6 Å². The van der Waals surface area contributed by atoms with Crippen molar-refractivity contribution in [3.05, 3.63) is 58.6 Å². The smallest absolute Gasteiger partial charge is 0.133 e. The van der Waals surface area contributed by atoms with Crippen LogP contribution in [0.4, 0.5) is 0 Å². The maximum absolute atomic E-state index is 6.12. The summed E-state index contributed by atoms with van der Waals surface area (Å²) >= 11 is 6.12. The van der Waals surface area contributed by atoms with Gasteiger partial charge in [0, 0.05) is 11.1 Å². The number of rotatable bonds is 7. The first-order valence-electron chi connectivity index (χ1n) is 10.6. The summed E-state index contributed by atoms with van der Waals surface area (Å²) in [5.41, 5.74) is 2.19. The van der Waals surface area contributed by atoms with Crippen molar-refractivity contribution in [2.45, 2.75) is 51.1 Å². The Morgan fingerprint density at radius 1 is 1.10 bits per heavy atom. The van der Waals surface area contributed by atoms with Crippen molar-refractivity contribution < 1.29 is 9.47 Å². The van der Waals surface area contributed by atoms with Crippen LogP contribution in [0.5, 0.6) is 11.5 Å². The summed E-state index contributed by atoms with van der Waals surface area (Å²) in [4.78, 5) is 5.12. The van der Waals surface area contributed by atoms with Gasteiger partial charge in [-0.3, -0.25) is 4.99 Å². The van der Waals surface area contributed by atoms with Crippen molar-refractivity contribution in [2.24, 2.45) is 10.9 Å². The number of nitrogens with one attached hydrogen (secondary N) is 1. The average Bonchev–Trinajstić information content (AvgIpc) is 3.39. The maximum Gasteiger partial charge on any atom is 0.133 e. The van der Waals surface area contributed by atoms with Gasteiger partial charge in [-0.05, 0) is 49.1 Å². The Hall–Kier alpha value is -2.20. The van der Waals surface area contributed by atoms with E-state index in [4.69, 9.17) is 26.1 Å². The predicted molar refractivity (Wildman–Crippen MR) is 118 cm³/mol. The highest BCUT2D eigenvalue weighted by molar-refractivity contribution is 6.30. The Morgan fingerprint density at radius 2 is 1.86 bits per heavy atom. The van der Waals surface area contributed by atoms with Crippen LogP contribution >= 0.6 is 11.6 Å². The van der Waals surface area contributed by atoms with Crippen molar-refractivity contribution in [3.8, 4) is 11.5 Å². The van der Waals surface area contributed by atoms with Crippen LogP contribution in [0.2, 0.25) is 5.02 Å². The van der Waals surface area contributed by atoms with E-state index in [0.717, 1.165) is 40.3 Å². The zero-order valence-electron chi connectivity index (χ0n) is 17.2. The van der Waals surface area contributed by atoms with Gasteiger partial charge in [-0.15, -0.1) is 0 Å². The number of hydrogen-bond donors (Lipinski definition) is 1. The van der Waals surface area contributed by atoms with Crippen molar-refractivity contribution in [2.75, 3.05) is 13.7 Å². The zero-order valence-corrected chi connectivity index (χ0v) is 17.9. The first-order valence-corrected chi connectivity index (χ1v) is 11.0. The molecular formula is C24H29ClN2O2. The second-order valence-corrected chi connectivity index (χ2v) is 8.34. The van der Waals surface area contributed by atoms with Crippen molar-refractivity contribution in [1.29, 1.82) is 0 Å². The fourth-order valence-electron chi connectivity index (χ4n) is 4.53. The molecule has 1 unspecified atom stereocenters. The average molecular weight is 413 g/mol. The van der Waals surface area contributed by atoms with Crippen LogP contribution in [-0.2, 0) is 0 Å². The lowest BCUT2D eigenvalue weighted by molar-refractivity contribution is 0.335. The van der Waals surface area contributed by atoms with Gasteiger partial charge in [0.1, 0.15) is 17.3 Å². The number of benzene rings is 2. The molecule has 2 aliphatic rings. The van der Waals surface area contributed by atoms with E-state index in [1.165, 1.54) is 31.2 Å². The van der Waals surface area contributed by atoms with Crippen LogP contribution in [0.3, 0.4) is 0 Å². The van der Waals surface area contributed by atoms with E-state index in [-0.39, 0.29) is 12.1 Å². The molecule has 1 saturated carbocycles. The summed E-state index contributed by atoms with van der Waals surface area (Å²) in [6, 6.07) is 14.4. The molecule has 0 amide bonds. The summed E-state index contributed by atoms with van der Waals surface area (Å²) in [6.45, 7) is 2.59. The van der Waals surface area contributed by atoms with Gasteiger partial charge in [0.05, 0.1) is 31.4 Å².